The first kappa shape index (κ1) is 15.6. The van der Waals surface area contributed by atoms with Crippen molar-refractivity contribution in [2.75, 3.05) is 13.7 Å². The molecule has 0 saturated heterocycles. The Morgan fingerprint density at radius 3 is 2.55 bits per heavy atom. The number of halogens is 2. The van der Waals surface area contributed by atoms with Crippen molar-refractivity contribution in [3.05, 3.63) is 33.8 Å². The molecule has 0 aromatic heterocycles. The van der Waals surface area contributed by atoms with E-state index in [0.29, 0.717) is 21.5 Å². The fraction of sp³-hybridized carbons (Fsp3) is 0.533. The summed E-state index contributed by atoms with van der Waals surface area (Å²) in [7, 11) is 1.81. The number of hydrogen-bond donors (Lipinski definition) is 1. The monoisotopic (exact) mass is 315 g/mol. The average Bonchev–Trinajstić information content (AvgIpc) is 2.48. The maximum atomic E-state index is 12.5. The molecule has 1 aromatic rings. The summed E-state index contributed by atoms with van der Waals surface area (Å²) in [6.07, 6.45) is 3.77. The molecule has 0 radical (unpaired) electrons. The van der Waals surface area contributed by atoms with E-state index < -0.39 is 0 Å². The molecular formula is C15H19Cl2NO2. The van der Waals surface area contributed by atoms with Gasteiger partial charge in [-0.3, -0.25) is 4.79 Å². The van der Waals surface area contributed by atoms with Crippen LogP contribution in [-0.2, 0) is 0 Å². The molecular weight excluding hydrogens is 297 g/mol. The molecule has 5 heteroatoms. The minimum absolute atomic E-state index is 0.0926. The van der Waals surface area contributed by atoms with Crippen molar-refractivity contribution in [2.24, 2.45) is 5.92 Å². The van der Waals surface area contributed by atoms with Crippen molar-refractivity contribution in [2.45, 2.75) is 31.7 Å². The first-order chi connectivity index (χ1) is 9.52. The van der Waals surface area contributed by atoms with Crippen molar-refractivity contribution in [3.63, 3.8) is 0 Å². The number of hydrogen-bond acceptors (Lipinski definition) is 2. The van der Waals surface area contributed by atoms with Crippen LogP contribution in [0, 0.1) is 5.92 Å². The summed E-state index contributed by atoms with van der Waals surface area (Å²) in [6.45, 7) is 0.241. The topological polar surface area (TPSA) is 40.5 Å². The van der Waals surface area contributed by atoms with Crippen LogP contribution >= 0.6 is 23.2 Å². The van der Waals surface area contributed by atoms with Gasteiger partial charge in [-0.25, -0.2) is 0 Å². The van der Waals surface area contributed by atoms with E-state index in [2.05, 4.69) is 0 Å². The van der Waals surface area contributed by atoms with Gasteiger partial charge in [0.15, 0.2) is 0 Å². The largest absolute Gasteiger partial charge is 0.396 e. The zero-order valence-corrected chi connectivity index (χ0v) is 13.0. The van der Waals surface area contributed by atoms with Gasteiger partial charge in [0, 0.05) is 24.7 Å². The number of aliphatic hydroxyl groups excluding tert-OH is 1. The number of aliphatic hydroxyl groups is 1. The fourth-order valence-corrected chi connectivity index (χ4v) is 3.10. The van der Waals surface area contributed by atoms with Crippen molar-refractivity contribution >= 4 is 29.1 Å². The van der Waals surface area contributed by atoms with Crippen LogP contribution in [0.3, 0.4) is 0 Å². The zero-order chi connectivity index (χ0) is 14.7. The third-order valence-electron chi connectivity index (χ3n) is 4.10. The Bertz CT molecular complexity index is 485. The van der Waals surface area contributed by atoms with Crippen molar-refractivity contribution < 1.29 is 9.90 Å². The standard InChI is InChI=1S/C15H19Cl2NO2/c1-18(12-5-2-10(9-19)3-6-12)15(20)13-8-11(16)4-7-14(13)17/h4,7-8,10,12,19H,2-3,5-6,9H2,1H3. The van der Waals surface area contributed by atoms with Gasteiger partial charge in [-0.2, -0.15) is 0 Å². The van der Waals surface area contributed by atoms with E-state index in [-0.39, 0.29) is 18.6 Å². The Balaban J connectivity index is 2.07. The van der Waals surface area contributed by atoms with Crippen LogP contribution in [0.2, 0.25) is 10.0 Å². The van der Waals surface area contributed by atoms with Gasteiger partial charge in [-0.1, -0.05) is 23.2 Å². The Labute approximate surface area is 129 Å². The van der Waals surface area contributed by atoms with E-state index in [1.165, 1.54) is 0 Å². The molecule has 3 nitrogen and oxygen atoms in total. The lowest BCUT2D eigenvalue weighted by Gasteiger charge is -2.34. The molecule has 20 heavy (non-hydrogen) atoms. The third-order valence-corrected chi connectivity index (χ3v) is 4.67. The number of benzene rings is 1. The van der Waals surface area contributed by atoms with Crippen LogP contribution in [0.4, 0.5) is 0 Å². The first-order valence-electron chi connectivity index (χ1n) is 6.86. The molecule has 1 saturated carbocycles. The zero-order valence-electron chi connectivity index (χ0n) is 11.5. The molecule has 2 rings (SSSR count). The van der Waals surface area contributed by atoms with Gasteiger partial charge < -0.3 is 10.0 Å². The predicted molar refractivity (Wildman–Crippen MR) is 81.4 cm³/mol. The summed E-state index contributed by atoms with van der Waals surface area (Å²) < 4.78 is 0. The van der Waals surface area contributed by atoms with Gasteiger partial charge in [0.05, 0.1) is 10.6 Å². The maximum Gasteiger partial charge on any atom is 0.255 e. The molecule has 1 amide bonds. The highest BCUT2D eigenvalue weighted by Gasteiger charge is 2.27. The van der Waals surface area contributed by atoms with Crippen molar-refractivity contribution in [1.82, 2.24) is 4.90 Å². The van der Waals surface area contributed by atoms with Gasteiger partial charge >= 0.3 is 0 Å². The summed E-state index contributed by atoms with van der Waals surface area (Å²) in [5.74, 6) is 0.287. The normalized spacial score (nSPS) is 22.6. The minimum Gasteiger partial charge on any atom is -0.396 e. The smallest absolute Gasteiger partial charge is 0.255 e. The molecule has 0 atom stereocenters. The second-order valence-corrected chi connectivity index (χ2v) is 6.24. The van der Waals surface area contributed by atoms with Gasteiger partial charge in [0.2, 0.25) is 0 Å². The Kier molecular flexibility index (Phi) is 5.30. The molecule has 1 aliphatic carbocycles. The third kappa shape index (κ3) is 3.46. The van der Waals surface area contributed by atoms with Gasteiger partial charge in [-0.15, -0.1) is 0 Å². The van der Waals surface area contributed by atoms with Crippen LogP contribution in [0.5, 0.6) is 0 Å². The van der Waals surface area contributed by atoms with Crippen molar-refractivity contribution in [1.29, 1.82) is 0 Å². The number of amides is 1. The second kappa shape index (κ2) is 6.79. The number of carbonyl (C=O) groups is 1. The van der Waals surface area contributed by atoms with E-state index in [4.69, 9.17) is 28.3 Å². The summed E-state index contributed by atoms with van der Waals surface area (Å²) in [5.41, 5.74) is 0.450. The Morgan fingerprint density at radius 1 is 1.30 bits per heavy atom. The van der Waals surface area contributed by atoms with Crippen LogP contribution in [0.1, 0.15) is 36.0 Å². The average molecular weight is 316 g/mol. The van der Waals surface area contributed by atoms with E-state index in [1.54, 1.807) is 23.1 Å². The molecule has 1 fully saturated rings. The van der Waals surface area contributed by atoms with E-state index >= 15 is 0 Å². The summed E-state index contributed by atoms with van der Waals surface area (Å²) in [5, 5.41) is 10.1. The van der Waals surface area contributed by atoms with Gasteiger partial charge in [0.1, 0.15) is 0 Å². The van der Waals surface area contributed by atoms with E-state index in [0.717, 1.165) is 25.7 Å². The van der Waals surface area contributed by atoms with Crippen LogP contribution in [0.15, 0.2) is 18.2 Å². The van der Waals surface area contributed by atoms with Crippen molar-refractivity contribution in [3.8, 4) is 0 Å². The summed E-state index contributed by atoms with van der Waals surface area (Å²) in [6, 6.07) is 5.14. The highest BCUT2D eigenvalue weighted by Crippen LogP contribution is 2.29. The van der Waals surface area contributed by atoms with E-state index in [9.17, 15) is 4.79 Å². The second-order valence-electron chi connectivity index (χ2n) is 5.40. The Hall–Kier alpha value is -0.770. The van der Waals surface area contributed by atoms with E-state index in [1.807, 2.05) is 7.05 Å². The molecule has 1 N–H and O–H groups in total. The SMILES string of the molecule is CN(C(=O)c1cc(Cl)ccc1Cl)C1CCC(CO)CC1. The quantitative estimate of drug-likeness (QED) is 0.925. The lowest BCUT2D eigenvalue weighted by molar-refractivity contribution is 0.0653. The highest BCUT2D eigenvalue weighted by molar-refractivity contribution is 6.35. The molecule has 0 aliphatic heterocycles. The highest BCUT2D eigenvalue weighted by atomic mass is 35.5. The van der Waals surface area contributed by atoms with Crippen LogP contribution in [-0.4, -0.2) is 35.6 Å². The number of carbonyl (C=O) groups excluding carboxylic acids is 1. The predicted octanol–water partition coefficient (Wildman–Crippen LogP) is 3.62. The molecule has 1 aliphatic rings. The van der Waals surface area contributed by atoms with Crippen LogP contribution in [0.25, 0.3) is 0 Å². The van der Waals surface area contributed by atoms with Gasteiger partial charge in [-0.05, 0) is 49.8 Å². The molecule has 0 heterocycles. The maximum absolute atomic E-state index is 12.5. The molecule has 110 valence electrons. The van der Waals surface area contributed by atoms with Crippen LogP contribution < -0.4 is 0 Å². The minimum atomic E-state index is -0.0926. The lowest BCUT2D eigenvalue weighted by atomic mass is 9.86. The summed E-state index contributed by atoms with van der Waals surface area (Å²) >= 11 is 12.0. The lowest BCUT2D eigenvalue weighted by Crippen LogP contribution is -2.40. The molecule has 0 spiro atoms. The Morgan fingerprint density at radius 2 is 1.95 bits per heavy atom. The molecule has 0 unspecified atom stereocenters. The molecule has 1 aromatic carbocycles. The fourth-order valence-electron chi connectivity index (χ4n) is 2.73. The summed E-state index contributed by atoms with van der Waals surface area (Å²) in [4.78, 5) is 14.3. The molecule has 0 bridgehead atoms. The number of nitrogens with zero attached hydrogens (tertiary/aromatic N) is 1. The van der Waals surface area contributed by atoms with Gasteiger partial charge in [0.25, 0.3) is 5.91 Å². The first-order valence-corrected chi connectivity index (χ1v) is 7.61. The number of rotatable bonds is 3.